The fourth-order valence-electron chi connectivity index (χ4n) is 9.48. The third-order valence-electron chi connectivity index (χ3n) is 12.7. The maximum atomic E-state index is 9.67. The predicted molar refractivity (Wildman–Crippen MR) is 278 cm³/mol. The van der Waals surface area contributed by atoms with E-state index in [2.05, 4.69) is 170 Å². The molecule has 0 heterocycles. The van der Waals surface area contributed by atoms with Crippen LogP contribution >= 0.6 is 0 Å². The molecule has 1 heteroatoms. The molecule has 0 N–H and O–H groups in total. The Morgan fingerprint density at radius 1 is 0.246 bits per heavy atom. The normalized spacial score (nSPS) is 12.2. The summed E-state index contributed by atoms with van der Waals surface area (Å²) in [5, 5.41) is 9.41. The summed E-state index contributed by atoms with van der Waals surface area (Å²) in [4.78, 5) is 1.87. The second-order valence-electron chi connectivity index (χ2n) is 16.6. The monoisotopic (exact) mass is 829 g/mol. The van der Waals surface area contributed by atoms with E-state index in [4.69, 9.17) is 0 Å². The van der Waals surface area contributed by atoms with E-state index in [-0.39, 0.29) is 35.4 Å². The number of nitrogens with zero attached hydrogens (tertiary/aromatic N) is 1. The lowest BCUT2D eigenvalue weighted by atomic mass is 9.90. The van der Waals surface area contributed by atoms with Gasteiger partial charge in [0, 0.05) is 17.1 Å². The van der Waals surface area contributed by atoms with E-state index in [1.807, 2.05) is 71.6 Å². The summed E-state index contributed by atoms with van der Waals surface area (Å²) in [6.07, 6.45) is 0. The van der Waals surface area contributed by atoms with Crippen LogP contribution in [0.15, 0.2) is 261 Å². The number of hydrogen-bond donors (Lipinski definition) is 0. The molecular formula is C64H43N. The van der Waals surface area contributed by atoms with Gasteiger partial charge in [-0.05, 0) is 141 Å². The molecule has 0 saturated carbocycles. The van der Waals surface area contributed by atoms with Crippen LogP contribution < -0.4 is 4.90 Å². The maximum absolute atomic E-state index is 9.67. The van der Waals surface area contributed by atoms with Crippen molar-refractivity contribution in [3.8, 4) is 55.6 Å². The molecule has 12 rings (SSSR count). The molecule has 0 fully saturated rings. The van der Waals surface area contributed by atoms with E-state index in [1.54, 1.807) is 0 Å². The van der Waals surface area contributed by atoms with E-state index in [0.29, 0.717) is 16.9 Å². The van der Waals surface area contributed by atoms with Gasteiger partial charge in [-0.2, -0.15) is 0 Å². The van der Waals surface area contributed by atoms with Gasteiger partial charge in [-0.25, -0.2) is 0 Å². The summed E-state index contributed by atoms with van der Waals surface area (Å²) < 4.78 is 38.4. The van der Waals surface area contributed by atoms with E-state index in [9.17, 15) is 5.48 Å². The first-order chi connectivity index (χ1) is 33.9. The third kappa shape index (κ3) is 7.10. The Bertz CT molecular complexity index is 3890. The Balaban J connectivity index is 0.970. The highest BCUT2D eigenvalue weighted by molar-refractivity contribution is 6.08. The van der Waals surface area contributed by atoms with Crippen LogP contribution in [0.2, 0.25) is 0 Å². The smallest absolute Gasteiger partial charge is 0.0645 e. The number of anilines is 3. The molecule has 12 aromatic rings. The highest BCUT2D eigenvalue weighted by Gasteiger charge is 2.17. The summed E-state index contributed by atoms with van der Waals surface area (Å²) in [5.41, 5.74) is 11.1. The van der Waals surface area contributed by atoms with Crippen molar-refractivity contribution >= 4 is 60.2 Å². The number of hydrogen-bond acceptors (Lipinski definition) is 1. The average molecular weight is 830 g/mol. The van der Waals surface area contributed by atoms with Gasteiger partial charge in [0.05, 0.1) is 5.48 Å². The molecule has 0 aliphatic rings. The zero-order valence-electron chi connectivity index (χ0n) is 39.5. The van der Waals surface area contributed by atoms with Crippen molar-refractivity contribution in [2.24, 2.45) is 0 Å². The fourth-order valence-corrected chi connectivity index (χ4v) is 9.48. The molecule has 0 bridgehead atoms. The molecule has 0 atom stereocenters. The van der Waals surface area contributed by atoms with Crippen molar-refractivity contribution in [2.45, 2.75) is 0 Å². The first-order valence-corrected chi connectivity index (χ1v) is 22.1. The summed E-state index contributed by atoms with van der Waals surface area (Å²) in [6.45, 7) is 0. The van der Waals surface area contributed by atoms with Crippen molar-refractivity contribution in [3.63, 3.8) is 0 Å². The van der Waals surface area contributed by atoms with Crippen LogP contribution in [0.1, 0.15) is 5.48 Å². The number of benzene rings is 12. The SMILES string of the molecule is [2H]c1c([2H])c(N(c2ccc(-c3ccc4c(ccc5ccccc54)c3)cc2)c2ccc(-c3ccc4ccccc4c3-c3ccccc3)cc2)c([2H])c([2H])c1-c1ccc(-c2cccc3ccccc23)cc1. The average Bonchev–Trinajstić information content (AvgIpc) is 3.41. The first-order valence-electron chi connectivity index (χ1n) is 24.1. The molecule has 12 aromatic carbocycles. The molecule has 304 valence electrons. The molecule has 0 saturated heterocycles. The zero-order valence-corrected chi connectivity index (χ0v) is 35.5. The molecular weight excluding hydrogens is 783 g/mol. The molecule has 0 unspecified atom stereocenters. The maximum Gasteiger partial charge on any atom is 0.0645 e. The van der Waals surface area contributed by atoms with Crippen LogP contribution in [0.5, 0.6) is 0 Å². The van der Waals surface area contributed by atoms with Crippen LogP contribution in [0, 0.1) is 0 Å². The minimum absolute atomic E-state index is 0.102. The van der Waals surface area contributed by atoms with Gasteiger partial charge in [0.1, 0.15) is 0 Å². The lowest BCUT2D eigenvalue weighted by molar-refractivity contribution is 1.28. The molecule has 0 radical (unpaired) electrons. The first kappa shape index (κ1) is 34.0. The lowest BCUT2D eigenvalue weighted by Crippen LogP contribution is -2.09. The standard InChI is InChI=1S/C64H43N/c1-2-14-52(15-3-1)64-62-19-9-6-13-49(62)33-42-63(64)51-31-39-57(40-32-51)65(56-37-29-46(30-38-56)53-34-41-61-54(43-53)26-25-48-12-5-8-18-59(48)61)55-35-27-45(28-36-55)44-21-23-50(24-22-44)60-20-10-16-47-11-4-7-17-58(47)60/h1-43H/i27D,28D,35D,36D. The summed E-state index contributed by atoms with van der Waals surface area (Å²) >= 11 is 0. The summed E-state index contributed by atoms with van der Waals surface area (Å²) in [5.74, 6) is 0. The van der Waals surface area contributed by atoms with Crippen LogP contribution in [0.3, 0.4) is 0 Å². The topological polar surface area (TPSA) is 3.24 Å². The van der Waals surface area contributed by atoms with Crippen molar-refractivity contribution < 1.29 is 5.48 Å². The minimum atomic E-state index is -0.125. The van der Waals surface area contributed by atoms with Crippen molar-refractivity contribution in [2.75, 3.05) is 4.90 Å². The van der Waals surface area contributed by atoms with E-state index >= 15 is 0 Å². The van der Waals surface area contributed by atoms with Gasteiger partial charge in [0.25, 0.3) is 0 Å². The molecule has 65 heavy (non-hydrogen) atoms. The Kier molecular flexibility index (Phi) is 8.54. The number of rotatable bonds is 8. The molecule has 0 spiro atoms. The lowest BCUT2D eigenvalue weighted by Gasteiger charge is -2.26. The molecule has 1 nitrogen and oxygen atoms in total. The second kappa shape index (κ2) is 16.3. The van der Waals surface area contributed by atoms with Gasteiger partial charge in [0.15, 0.2) is 0 Å². The van der Waals surface area contributed by atoms with Crippen molar-refractivity contribution in [1.82, 2.24) is 0 Å². The molecule has 0 aliphatic carbocycles. The van der Waals surface area contributed by atoms with E-state index in [1.165, 1.54) is 21.5 Å². The van der Waals surface area contributed by atoms with Gasteiger partial charge in [-0.15, -0.1) is 0 Å². The largest absolute Gasteiger partial charge is 0.311 e. The Hall–Kier alpha value is -8.52. The fraction of sp³-hybridized carbons (Fsp3) is 0. The van der Waals surface area contributed by atoms with E-state index in [0.717, 1.165) is 66.1 Å². The van der Waals surface area contributed by atoms with Gasteiger partial charge in [-0.1, -0.05) is 218 Å². The van der Waals surface area contributed by atoms with Gasteiger partial charge in [0.2, 0.25) is 0 Å². The Morgan fingerprint density at radius 2 is 0.723 bits per heavy atom. The second-order valence-corrected chi connectivity index (χ2v) is 16.6. The van der Waals surface area contributed by atoms with E-state index < -0.39 is 0 Å². The Morgan fingerprint density at radius 3 is 1.45 bits per heavy atom. The van der Waals surface area contributed by atoms with Crippen LogP contribution in [0.4, 0.5) is 17.1 Å². The highest BCUT2D eigenvalue weighted by atomic mass is 15.1. The highest BCUT2D eigenvalue weighted by Crippen LogP contribution is 2.42. The molecule has 0 amide bonds. The quantitative estimate of drug-likeness (QED) is 0.138. The van der Waals surface area contributed by atoms with Crippen LogP contribution in [0.25, 0.3) is 98.7 Å². The van der Waals surface area contributed by atoms with Crippen LogP contribution in [-0.4, -0.2) is 0 Å². The van der Waals surface area contributed by atoms with Gasteiger partial charge in [-0.3, -0.25) is 0 Å². The number of fused-ring (bicyclic) bond motifs is 5. The minimum Gasteiger partial charge on any atom is -0.311 e. The van der Waals surface area contributed by atoms with Crippen molar-refractivity contribution in [3.05, 3.63) is 261 Å². The van der Waals surface area contributed by atoms with Crippen molar-refractivity contribution in [1.29, 1.82) is 0 Å². The predicted octanol–water partition coefficient (Wildman–Crippen LogP) is 18.1. The third-order valence-corrected chi connectivity index (χ3v) is 12.7. The zero-order chi connectivity index (χ0) is 46.6. The molecule has 0 aromatic heterocycles. The van der Waals surface area contributed by atoms with Gasteiger partial charge < -0.3 is 4.90 Å². The molecule has 0 aliphatic heterocycles. The Labute approximate surface area is 385 Å². The summed E-state index contributed by atoms with van der Waals surface area (Å²) in [7, 11) is 0. The van der Waals surface area contributed by atoms with Gasteiger partial charge >= 0.3 is 0 Å². The van der Waals surface area contributed by atoms with Crippen LogP contribution in [-0.2, 0) is 0 Å². The summed E-state index contributed by atoms with van der Waals surface area (Å²) in [6, 6.07) is 80.9.